The van der Waals surface area contributed by atoms with Gasteiger partial charge < -0.3 is 4.74 Å². The second kappa shape index (κ2) is 9.25. The van der Waals surface area contributed by atoms with Crippen molar-refractivity contribution in [3.05, 3.63) is 60.2 Å². The van der Waals surface area contributed by atoms with Gasteiger partial charge in [-0.05, 0) is 67.6 Å². The van der Waals surface area contributed by atoms with Crippen molar-refractivity contribution in [1.82, 2.24) is 9.29 Å². The van der Waals surface area contributed by atoms with Gasteiger partial charge in [-0.2, -0.15) is 4.31 Å². The Morgan fingerprint density at radius 2 is 1.75 bits per heavy atom. The number of esters is 1. The van der Waals surface area contributed by atoms with E-state index in [9.17, 15) is 17.6 Å². The zero-order valence-corrected chi connectivity index (χ0v) is 16.3. The fourth-order valence-electron chi connectivity index (χ4n) is 3.20. The van der Waals surface area contributed by atoms with Crippen molar-refractivity contribution in [3.8, 4) is 0 Å². The standard InChI is InChI=1S/C20H23FN2O4S/c21-18-3-5-19(6-4-18)28(25,26)23-13-9-17(10-14-23)20(24)27-15-1-2-16-7-11-22-12-8-16/h3-8,11-12,17H,1-2,9-10,13-15H2. The number of piperidine rings is 1. The predicted octanol–water partition coefficient (Wildman–Crippen LogP) is 2.80. The Hall–Kier alpha value is -2.32. The molecule has 6 nitrogen and oxygen atoms in total. The first-order chi connectivity index (χ1) is 13.5. The number of pyridine rings is 1. The van der Waals surface area contributed by atoms with Gasteiger partial charge in [-0.3, -0.25) is 9.78 Å². The summed E-state index contributed by atoms with van der Waals surface area (Å²) >= 11 is 0. The molecule has 3 rings (SSSR count). The highest BCUT2D eigenvalue weighted by molar-refractivity contribution is 7.89. The highest BCUT2D eigenvalue weighted by Gasteiger charge is 2.32. The van der Waals surface area contributed by atoms with Crippen LogP contribution in [0.2, 0.25) is 0 Å². The number of ether oxygens (including phenoxy) is 1. The van der Waals surface area contributed by atoms with Gasteiger partial charge in [0, 0.05) is 25.5 Å². The molecule has 0 amide bonds. The smallest absolute Gasteiger partial charge is 0.309 e. The van der Waals surface area contributed by atoms with E-state index in [0.29, 0.717) is 19.4 Å². The summed E-state index contributed by atoms with van der Waals surface area (Å²) in [5.41, 5.74) is 1.14. The van der Waals surface area contributed by atoms with Crippen molar-refractivity contribution in [1.29, 1.82) is 0 Å². The molecular weight excluding hydrogens is 383 g/mol. The van der Waals surface area contributed by atoms with E-state index in [-0.39, 0.29) is 29.9 Å². The minimum atomic E-state index is -3.67. The first-order valence-corrected chi connectivity index (χ1v) is 10.7. The van der Waals surface area contributed by atoms with Crippen LogP contribution < -0.4 is 0 Å². The van der Waals surface area contributed by atoms with Gasteiger partial charge in [0.05, 0.1) is 17.4 Å². The van der Waals surface area contributed by atoms with Gasteiger partial charge in [-0.15, -0.1) is 0 Å². The van der Waals surface area contributed by atoms with Gasteiger partial charge >= 0.3 is 5.97 Å². The Balaban J connectivity index is 1.44. The Morgan fingerprint density at radius 3 is 2.39 bits per heavy atom. The number of hydrogen-bond acceptors (Lipinski definition) is 5. The molecule has 1 saturated heterocycles. The van der Waals surface area contributed by atoms with Crippen LogP contribution in [0.3, 0.4) is 0 Å². The molecule has 0 atom stereocenters. The lowest BCUT2D eigenvalue weighted by molar-refractivity contribution is -0.149. The van der Waals surface area contributed by atoms with E-state index in [4.69, 9.17) is 4.74 Å². The SMILES string of the molecule is O=C(OCCCc1ccncc1)C1CCN(S(=O)(=O)c2ccc(F)cc2)CC1. The zero-order chi connectivity index (χ0) is 20.0. The van der Waals surface area contributed by atoms with E-state index >= 15 is 0 Å². The minimum Gasteiger partial charge on any atom is -0.465 e. The molecule has 1 aromatic carbocycles. The number of halogens is 1. The summed E-state index contributed by atoms with van der Waals surface area (Å²) in [5.74, 6) is -1.04. The number of aryl methyl sites for hydroxylation is 1. The molecular formula is C20H23FN2O4S. The van der Waals surface area contributed by atoms with Crippen LogP contribution in [0.1, 0.15) is 24.8 Å². The van der Waals surface area contributed by atoms with Crippen LogP contribution in [0.5, 0.6) is 0 Å². The van der Waals surface area contributed by atoms with Crippen LogP contribution in [0.25, 0.3) is 0 Å². The Bertz CT molecular complexity index is 880. The van der Waals surface area contributed by atoms with Gasteiger partial charge in [0.2, 0.25) is 10.0 Å². The number of rotatable bonds is 7. The number of sulfonamides is 1. The lowest BCUT2D eigenvalue weighted by Gasteiger charge is -2.30. The summed E-state index contributed by atoms with van der Waals surface area (Å²) in [7, 11) is -3.67. The third-order valence-electron chi connectivity index (χ3n) is 4.84. The Kier molecular flexibility index (Phi) is 6.74. The van der Waals surface area contributed by atoms with E-state index < -0.39 is 15.8 Å². The van der Waals surface area contributed by atoms with E-state index in [0.717, 1.165) is 30.5 Å². The second-order valence-electron chi connectivity index (χ2n) is 6.76. The van der Waals surface area contributed by atoms with Crippen LogP contribution >= 0.6 is 0 Å². The fourth-order valence-corrected chi connectivity index (χ4v) is 4.67. The fraction of sp³-hybridized carbons (Fsp3) is 0.400. The summed E-state index contributed by atoms with van der Waals surface area (Å²) in [6.07, 6.45) is 5.84. The molecule has 28 heavy (non-hydrogen) atoms. The van der Waals surface area contributed by atoms with E-state index in [1.807, 2.05) is 12.1 Å². The number of benzene rings is 1. The van der Waals surface area contributed by atoms with Crippen molar-refractivity contribution < 1.29 is 22.3 Å². The number of nitrogens with zero attached hydrogens (tertiary/aromatic N) is 2. The Labute approximate surface area is 164 Å². The largest absolute Gasteiger partial charge is 0.465 e. The van der Waals surface area contributed by atoms with Crippen molar-refractivity contribution in [2.24, 2.45) is 5.92 Å². The predicted molar refractivity (Wildman–Crippen MR) is 101 cm³/mol. The molecule has 1 fully saturated rings. The minimum absolute atomic E-state index is 0.0611. The second-order valence-corrected chi connectivity index (χ2v) is 8.70. The number of carbonyl (C=O) groups is 1. The van der Waals surface area contributed by atoms with E-state index in [1.165, 1.54) is 16.4 Å². The summed E-state index contributed by atoms with van der Waals surface area (Å²) in [6.45, 7) is 0.836. The van der Waals surface area contributed by atoms with Gasteiger partial charge in [0.25, 0.3) is 0 Å². The number of aromatic nitrogens is 1. The quantitative estimate of drug-likeness (QED) is 0.522. The van der Waals surface area contributed by atoms with Crippen LogP contribution in [0.15, 0.2) is 53.7 Å². The lowest BCUT2D eigenvalue weighted by Crippen LogP contribution is -2.40. The average Bonchev–Trinajstić information content (AvgIpc) is 2.72. The first kappa shape index (κ1) is 20.4. The molecule has 0 unspecified atom stereocenters. The monoisotopic (exact) mass is 406 g/mol. The van der Waals surface area contributed by atoms with Crippen molar-refractivity contribution >= 4 is 16.0 Å². The first-order valence-electron chi connectivity index (χ1n) is 9.28. The highest BCUT2D eigenvalue weighted by Crippen LogP contribution is 2.24. The molecule has 150 valence electrons. The van der Waals surface area contributed by atoms with E-state index in [2.05, 4.69) is 4.98 Å². The summed E-state index contributed by atoms with van der Waals surface area (Å²) < 4.78 is 44.9. The maximum absolute atomic E-state index is 13.0. The van der Waals surface area contributed by atoms with Crippen LogP contribution in [0, 0.1) is 11.7 Å². The molecule has 0 radical (unpaired) electrons. The summed E-state index contributed by atoms with van der Waals surface area (Å²) in [4.78, 5) is 16.3. The molecule has 1 aliphatic rings. The topological polar surface area (TPSA) is 76.6 Å². The lowest BCUT2D eigenvalue weighted by atomic mass is 9.98. The molecule has 1 aromatic heterocycles. The molecule has 2 aromatic rings. The average molecular weight is 406 g/mol. The molecule has 0 bridgehead atoms. The van der Waals surface area contributed by atoms with Crippen molar-refractivity contribution in [2.75, 3.05) is 19.7 Å². The van der Waals surface area contributed by atoms with Crippen molar-refractivity contribution in [3.63, 3.8) is 0 Å². The normalized spacial score (nSPS) is 16.0. The summed E-state index contributed by atoms with van der Waals surface area (Å²) in [5, 5.41) is 0. The van der Waals surface area contributed by atoms with E-state index in [1.54, 1.807) is 12.4 Å². The summed E-state index contributed by atoms with van der Waals surface area (Å²) in [6, 6.07) is 8.63. The van der Waals surface area contributed by atoms with Gasteiger partial charge in [-0.25, -0.2) is 12.8 Å². The Morgan fingerprint density at radius 1 is 1.11 bits per heavy atom. The molecule has 0 N–H and O–H groups in total. The van der Waals surface area contributed by atoms with Gasteiger partial charge in [0.15, 0.2) is 0 Å². The molecule has 8 heteroatoms. The van der Waals surface area contributed by atoms with Crippen LogP contribution in [-0.2, 0) is 26.0 Å². The third kappa shape index (κ3) is 5.14. The zero-order valence-electron chi connectivity index (χ0n) is 15.5. The highest BCUT2D eigenvalue weighted by atomic mass is 32.2. The maximum atomic E-state index is 13.0. The number of carbonyl (C=O) groups excluding carboxylic acids is 1. The molecule has 0 aliphatic carbocycles. The van der Waals surface area contributed by atoms with Crippen molar-refractivity contribution in [2.45, 2.75) is 30.6 Å². The van der Waals surface area contributed by atoms with Crippen LogP contribution in [-0.4, -0.2) is 43.4 Å². The molecule has 0 saturated carbocycles. The molecule has 1 aliphatic heterocycles. The maximum Gasteiger partial charge on any atom is 0.309 e. The molecule has 0 spiro atoms. The molecule has 2 heterocycles. The third-order valence-corrected chi connectivity index (χ3v) is 6.76. The van der Waals surface area contributed by atoms with Gasteiger partial charge in [0.1, 0.15) is 5.82 Å². The van der Waals surface area contributed by atoms with Crippen LogP contribution in [0.4, 0.5) is 4.39 Å². The number of hydrogen-bond donors (Lipinski definition) is 0. The van der Waals surface area contributed by atoms with Gasteiger partial charge in [-0.1, -0.05) is 0 Å².